The number of fused-ring (bicyclic) bond motifs is 1. The van der Waals surface area contributed by atoms with Crippen molar-refractivity contribution >= 4 is 16.9 Å². The molecule has 0 radical (unpaired) electrons. The van der Waals surface area contributed by atoms with Gasteiger partial charge in [0.25, 0.3) is 5.91 Å². The Bertz CT molecular complexity index is 741. The average Bonchev–Trinajstić information content (AvgIpc) is 2.81. The highest BCUT2D eigenvalue weighted by atomic mass is 16.3. The van der Waals surface area contributed by atoms with E-state index < -0.39 is 0 Å². The number of nitrogens with zero attached hydrogens (tertiary/aromatic N) is 3. The number of amides is 1. The molecule has 1 aliphatic rings. The molecular weight excluding hydrogens is 292 g/mol. The van der Waals surface area contributed by atoms with Crippen molar-refractivity contribution < 1.29 is 9.90 Å². The molecule has 1 aliphatic carbocycles. The van der Waals surface area contributed by atoms with Gasteiger partial charge in [-0.2, -0.15) is 5.10 Å². The molecule has 0 aromatic carbocycles. The van der Waals surface area contributed by atoms with Gasteiger partial charge >= 0.3 is 0 Å². The predicted molar refractivity (Wildman–Crippen MR) is 88.4 cm³/mol. The lowest BCUT2D eigenvalue weighted by molar-refractivity contribution is 0.0429. The molecule has 2 aromatic rings. The van der Waals surface area contributed by atoms with E-state index in [-0.39, 0.29) is 17.9 Å². The summed E-state index contributed by atoms with van der Waals surface area (Å²) in [6, 6.07) is 1.82. The molecule has 1 fully saturated rings. The Hall–Kier alpha value is -1.95. The SMILES string of the molecule is CCn1nc(C)c2c(C(=O)NCC3(CO)CCC3)cc(C)nc21. The zero-order valence-corrected chi connectivity index (χ0v) is 14.0. The minimum Gasteiger partial charge on any atom is -0.396 e. The minimum absolute atomic E-state index is 0.112. The molecule has 0 atom stereocenters. The summed E-state index contributed by atoms with van der Waals surface area (Å²) in [5.74, 6) is -0.112. The smallest absolute Gasteiger partial charge is 0.252 e. The van der Waals surface area contributed by atoms with Crippen LogP contribution in [0, 0.1) is 19.3 Å². The average molecular weight is 316 g/mol. The fraction of sp³-hybridized carbons (Fsp3) is 0.588. The van der Waals surface area contributed by atoms with Crippen LogP contribution >= 0.6 is 0 Å². The Kier molecular flexibility index (Phi) is 4.10. The van der Waals surface area contributed by atoms with Crippen molar-refractivity contribution in [1.29, 1.82) is 0 Å². The number of carbonyl (C=O) groups is 1. The summed E-state index contributed by atoms with van der Waals surface area (Å²) in [6.07, 6.45) is 3.07. The van der Waals surface area contributed by atoms with Gasteiger partial charge in [-0.1, -0.05) is 6.42 Å². The number of nitrogens with one attached hydrogen (secondary N) is 1. The van der Waals surface area contributed by atoms with Crippen LogP contribution in [0.5, 0.6) is 0 Å². The third-order valence-electron chi connectivity index (χ3n) is 4.92. The molecule has 1 saturated carbocycles. The molecule has 0 bridgehead atoms. The second kappa shape index (κ2) is 5.92. The number of pyridine rings is 1. The number of aliphatic hydroxyl groups excluding tert-OH is 1. The van der Waals surface area contributed by atoms with Gasteiger partial charge in [-0.3, -0.25) is 4.79 Å². The van der Waals surface area contributed by atoms with Crippen LogP contribution in [0.25, 0.3) is 11.0 Å². The fourth-order valence-electron chi connectivity index (χ4n) is 3.31. The largest absolute Gasteiger partial charge is 0.396 e. The lowest BCUT2D eigenvalue weighted by atomic mass is 9.69. The Labute approximate surface area is 135 Å². The molecule has 23 heavy (non-hydrogen) atoms. The zero-order valence-electron chi connectivity index (χ0n) is 14.0. The molecule has 0 unspecified atom stereocenters. The van der Waals surface area contributed by atoms with Crippen molar-refractivity contribution in [3.8, 4) is 0 Å². The van der Waals surface area contributed by atoms with Crippen molar-refractivity contribution in [2.75, 3.05) is 13.2 Å². The standard InChI is InChI=1S/C17H24N4O2/c1-4-21-15-14(12(3)20-21)13(8-11(2)19-15)16(23)18-9-17(10-22)6-5-7-17/h8,22H,4-7,9-10H2,1-3H3,(H,18,23). The van der Waals surface area contributed by atoms with E-state index in [9.17, 15) is 9.90 Å². The van der Waals surface area contributed by atoms with Crippen LogP contribution in [0.3, 0.4) is 0 Å². The van der Waals surface area contributed by atoms with Gasteiger partial charge in [0.05, 0.1) is 23.3 Å². The zero-order chi connectivity index (χ0) is 16.6. The molecular formula is C17H24N4O2. The first-order valence-electron chi connectivity index (χ1n) is 8.23. The summed E-state index contributed by atoms with van der Waals surface area (Å²) < 4.78 is 1.83. The summed E-state index contributed by atoms with van der Waals surface area (Å²) >= 11 is 0. The third-order valence-corrected chi connectivity index (χ3v) is 4.92. The first kappa shape index (κ1) is 15.9. The van der Waals surface area contributed by atoms with Crippen LogP contribution in [-0.2, 0) is 6.54 Å². The van der Waals surface area contributed by atoms with Crippen molar-refractivity contribution in [3.05, 3.63) is 23.0 Å². The molecule has 0 aliphatic heterocycles. The Morgan fingerprint density at radius 2 is 2.17 bits per heavy atom. The predicted octanol–water partition coefficient (Wildman–Crippen LogP) is 1.96. The van der Waals surface area contributed by atoms with Crippen LogP contribution in [0.15, 0.2) is 6.07 Å². The molecule has 6 heteroatoms. The second-order valence-corrected chi connectivity index (χ2v) is 6.61. The Morgan fingerprint density at radius 1 is 1.43 bits per heavy atom. The third kappa shape index (κ3) is 2.72. The van der Waals surface area contributed by atoms with E-state index in [0.717, 1.165) is 48.2 Å². The van der Waals surface area contributed by atoms with Gasteiger partial charge in [0.2, 0.25) is 0 Å². The van der Waals surface area contributed by atoms with E-state index in [0.29, 0.717) is 12.1 Å². The number of aliphatic hydroxyl groups is 1. The van der Waals surface area contributed by atoms with Crippen LogP contribution in [0.1, 0.15) is 47.9 Å². The van der Waals surface area contributed by atoms with Crippen molar-refractivity contribution in [2.45, 2.75) is 46.6 Å². The molecule has 3 rings (SSSR count). The van der Waals surface area contributed by atoms with Crippen molar-refractivity contribution in [1.82, 2.24) is 20.1 Å². The fourth-order valence-corrected chi connectivity index (χ4v) is 3.31. The maximum absolute atomic E-state index is 12.7. The highest BCUT2D eigenvalue weighted by molar-refractivity contribution is 6.06. The molecule has 6 nitrogen and oxygen atoms in total. The number of carbonyl (C=O) groups excluding carboxylic acids is 1. The Morgan fingerprint density at radius 3 is 2.74 bits per heavy atom. The van der Waals surface area contributed by atoms with Crippen molar-refractivity contribution in [3.63, 3.8) is 0 Å². The van der Waals surface area contributed by atoms with E-state index in [1.54, 1.807) is 0 Å². The van der Waals surface area contributed by atoms with E-state index in [1.165, 1.54) is 0 Å². The lowest BCUT2D eigenvalue weighted by Gasteiger charge is -2.40. The van der Waals surface area contributed by atoms with E-state index in [1.807, 2.05) is 31.5 Å². The van der Waals surface area contributed by atoms with Crippen LogP contribution in [0.4, 0.5) is 0 Å². The number of rotatable bonds is 5. The van der Waals surface area contributed by atoms with Crippen molar-refractivity contribution in [2.24, 2.45) is 5.41 Å². The summed E-state index contributed by atoms with van der Waals surface area (Å²) in [5, 5.41) is 17.8. The minimum atomic E-state index is -0.126. The first-order chi connectivity index (χ1) is 11.0. The van der Waals surface area contributed by atoms with E-state index in [2.05, 4.69) is 15.4 Å². The van der Waals surface area contributed by atoms with E-state index in [4.69, 9.17) is 0 Å². The highest BCUT2D eigenvalue weighted by Gasteiger charge is 2.36. The summed E-state index contributed by atoms with van der Waals surface area (Å²) in [4.78, 5) is 17.2. The number of hydrogen-bond acceptors (Lipinski definition) is 4. The molecule has 0 saturated heterocycles. The van der Waals surface area contributed by atoms with E-state index >= 15 is 0 Å². The monoisotopic (exact) mass is 316 g/mol. The maximum atomic E-state index is 12.7. The number of aryl methyl sites for hydroxylation is 3. The molecule has 0 spiro atoms. The topological polar surface area (TPSA) is 80.0 Å². The van der Waals surface area contributed by atoms with Gasteiger partial charge in [-0.15, -0.1) is 0 Å². The van der Waals surface area contributed by atoms with Gasteiger partial charge in [0.15, 0.2) is 5.65 Å². The van der Waals surface area contributed by atoms with Gasteiger partial charge in [-0.25, -0.2) is 9.67 Å². The summed E-state index contributed by atoms with van der Waals surface area (Å²) in [7, 11) is 0. The number of aromatic nitrogens is 3. The van der Waals surface area contributed by atoms with Gasteiger partial charge in [-0.05, 0) is 39.7 Å². The van der Waals surface area contributed by atoms with Gasteiger partial charge in [0, 0.05) is 24.2 Å². The van der Waals surface area contributed by atoms with Gasteiger partial charge in [0.1, 0.15) is 0 Å². The van der Waals surface area contributed by atoms with Crippen LogP contribution in [-0.4, -0.2) is 38.9 Å². The molecule has 2 heterocycles. The van der Waals surface area contributed by atoms with Crippen LogP contribution in [0.2, 0.25) is 0 Å². The first-order valence-corrected chi connectivity index (χ1v) is 8.23. The molecule has 124 valence electrons. The quantitative estimate of drug-likeness (QED) is 0.883. The normalized spacial score (nSPS) is 16.3. The lowest BCUT2D eigenvalue weighted by Crippen LogP contribution is -2.44. The van der Waals surface area contributed by atoms with Crippen LogP contribution < -0.4 is 5.32 Å². The highest BCUT2D eigenvalue weighted by Crippen LogP contribution is 2.39. The molecule has 1 amide bonds. The summed E-state index contributed by atoms with van der Waals surface area (Å²) in [6.45, 7) is 7.17. The molecule has 2 N–H and O–H groups in total. The maximum Gasteiger partial charge on any atom is 0.252 e. The van der Waals surface area contributed by atoms with Gasteiger partial charge < -0.3 is 10.4 Å². The number of hydrogen-bond donors (Lipinski definition) is 2. The molecule has 2 aromatic heterocycles. The Balaban J connectivity index is 1.92. The second-order valence-electron chi connectivity index (χ2n) is 6.61. The summed E-state index contributed by atoms with van der Waals surface area (Å²) in [5.41, 5.74) is 2.88.